The number of fused-ring (bicyclic) bond motifs is 1. The van der Waals surface area contributed by atoms with Crippen molar-refractivity contribution in [1.82, 2.24) is 9.80 Å². The average molecular weight is 488 g/mol. The fraction of sp³-hybridized carbons (Fsp3) is 0.458. The van der Waals surface area contributed by atoms with Crippen molar-refractivity contribution in [3.8, 4) is 11.5 Å². The number of esters is 1. The van der Waals surface area contributed by atoms with E-state index in [1.54, 1.807) is 20.3 Å². The predicted molar refractivity (Wildman–Crippen MR) is 129 cm³/mol. The number of hydrogen-bond acceptors (Lipinski definition) is 9. The van der Waals surface area contributed by atoms with E-state index in [0.717, 1.165) is 16.4 Å². The Morgan fingerprint density at radius 3 is 2.38 bits per heavy atom. The number of carbonyl (C=O) groups is 2. The number of thioether (sulfide) groups is 1. The Morgan fingerprint density at radius 1 is 1.12 bits per heavy atom. The standard InChI is InChI=1S/C24H29N3O6S/c1-5-19-21(23(29)32-4)22(15-10-17(30-2)13-18(11-15)31-3)27-16(14-34-24(27)25-19)12-20(28)26-6-8-33-9-7-26/h10-11,13-14,22H,5-9,12H2,1-4H3. The maximum Gasteiger partial charge on any atom is 0.338 e. The Balaban J connectivity index is 1.77. The highest BCUT2D eigenvalue weighted by molar-refractivity contribution is 8.16. The Labute approximate surface area is 203 Å². The Morgan fingerprint density at radius 2 is 1.79 bits per heavy atom. The third-order valence-corrected chi connectivity index (χ3v) is 6.90. The number of amides is 1. The molecule has 1 aromatic carbocycles. The Bertz CT molecular complexity index is 1040. The summed E-state index contributed by atoms with van der Waals surface area (Å²) in [4.78, 5) is 34.7. The van der Waals surface area contributed by atoms with Gasteiger partial charge >= 0.3 is 5.97 Å². The van der Waals surface area contributed by atoms with Gasteiger partial charge in [-0.2, -0.15) is 0 Å². The van der Waals surface area contributed by atoms with Crippen LogP contribution in [-0.4, -0.2) is 74.5 Å². The lowest BCUT2D eigenvalue weighted by Crippen LogP contribution is -2.42. The van der Waals surface area contributed by atoms with Crippen molar-refractivity contribution in [3.05, 3.63) is 46.1 Å². The van der Waals surface area contributed by atoms with Crippen LogP contribution in [0.5, 0.6) is 11.5 Å². The second kappa shape index (κ2) is 10.5. The molecule has 3 aliphatic rings. The molecule has 0 aliphatic carbocycles. The van der Waals surface area contributed by atoms with E-state index < -0.39 is 12.0 Å². The van der Waals surface area contributed by atoms with Crippen molar-refractivity contribution >= 4 is 28.8 Å². The van der Waals surface area contributed by atoms with Gasteiger partial charge in [-0.25, -0.2) is 9.79 Å². The molecule has 0 aromatic heterocycles. The fourth-order valence-electron chi connectivity index (χ4n) is 4.29. The molecular formula is C24H29N3O6S. The van der Waals surface area contributed by atoms with Gasteiger partial charge < -0.3 is 28.7 Å². The summed E-state index contributed by atoms with van der Waals surface area (Å²) in [5, 5.41) is 2.66. The summed E-state index contributed by atoms with van der Waals surface area (Å²) in [6.45, 7) is 4.18. The molecule has 1 fully saturated rings. The second-order valence-electron chi connectivity index (χ2n) is 7.92. The van der Waals surface area contributed by atoms with E-state index in [2.05, 4.69) is 0 Å². The van der Waals surface area contributed by atoms with Gasteiger partial charge in [0.1, 0.15) is 11.5 Å². The minimum Gasteiger partial charge on any atom is -0.497 e. The van der Waals surface area contributed by atoms with Crippen LogP contribution in [-0.2, 0) is 19.1 Å². The summed E-state index contributed by atoms with van der Waals surface area (Å²) in [7, 11) is 4.53. The SMILES string of the molecule is CCC1=C(C(=O)OC)C(c2cc(OC)cc(OC)c2)N2C(CC(=O)N3CCOCC3)=CSC2=N1. The fourth-order valence-corrected chi connectivity index (χ4v) is 5.23. The van der Waals surface area contributed by atoms with E-state index in [1.165, 1.54) is 18.9 Å². The van der Waals surface area contributed by atoms with Gasteiger partial charge in [0.25, 0.3) is 0 Å². The van der Waals surface area contributed by atoms with E-state index in [9.17, 15) is 9.59 Å². The van der Waals surface area contributed by atoms with Crippen LogP contribution in [0.25, 0.3) is 0 Å². The van der Waals surface area contributed by atoms with Crippen LogP contribution < -0.4 is 9.47 Å². The molecule has 4 rings (SSSR count). The van der Waals surface area contributed by atoms with Crippen LogP contribution in [0.15, 0.2) is 45.6 Å². The highest BCUT2D eigenvalue weighted by atomic mass is 32.2. The molecule has 3 heterocycles. The zero-order valence-electron chi connectivity index (χ0n) is 19.8. The molecule has 0 N–H and O–H groups in total. The monoisotopic (exact) mass is 487 g/mol. The first-order valence-electron chi connectivity index (χ1n) is 11.1. The molecule has 182 valence electrons. The van der Waals surface area contributed by atoms with Gasteiger partial charge in [-0.3, -0.25) is 4.79 Å². The molecule has 0 bridgehead atoms. The van der Waals surface area contributed by atoms with Gasteiger partial charge in [-0.15, -0.1) is 0 Å². The number of ether oxygens (including phenoxy) is 4. The lowest BCUT2D eigenvalue weighted by molar-refractivity contribution is -0.136. The molecule has 1 aromatic rings. The van der Waals surface area contributed by atoms with E-state index in [0.29, 0.717) is 55.5 Å². The zero-order valence-corrected chi connectivity index (χ0v) is 20.6. The van der Waals surface area contributed by atoms with Crippen LogP contribution in [0.1, 0.15) is 31.4 Å². The van der Waals surface area contributed by atoms with Gasteiger partial charge in [0.05, 0.1) is 58.3 Å². The number of amidine groups is 1. The van der Waals surface area contributed by atoms with Crippen LogP contribution >= 0.6 is 11.8 Å². The van der Waals surface area contributed by atoms with Crippen LogP contribution in [0, 0.1) is 0 Å². The summed E-state index contributed by atoms with van der Waals surface area (Å²) in [6.07, 6.45) is 0.752. The molecule has 1 amide bonds. The number of aliphatic imine (C=N–C) groups is 1. The minimum absolute atomic E-state index is 0.0169. The molecule has 9 nitrogen and oxygen atoms in total. The zero-order chi connectivity index (χ0) is 24.2. The van der Waals surface area contributed by atoms with Gasteiger partial charge in [0.15, 0.2) is 5.17 Å². The number of morpholine rings is 1. The molecule has 0 spiro atoms. The maximum absolute atomic E-state index is 13.1. The van der Waals surface area contributed by atoms with Crippen molar-refractivity contribution in [2.24, 2.45) is 4.99 Å². The second-order valence-corrected chi connectivity index (χ2v) is 8.75. The molecule has 1 atom stereocenters. The van der Waals surface area contributed by atoms with Crippen molar-refractivity contribution in [2.75, 3.05) is 47.6 Å². The number of carbonyl (C=O) groups excluding carboxylic acids is 2. The number of rotatable bonds is 7. The van der Waals surface area contributed by atoms with Crippen molar-refractivity contribution in [3.63, 3.8) is 0 Å². The third-order valence-electron chi connectivity index (χ3n) is 6.01. The largest absolute Gasteiger partial charge is 0.497 e. The van der Waals surface area contributed by atoms with E-state index in [4.69, 9.17) is 23.9 Å². The lowest BCUT2D eigenvalue weighted by Gasteiger charge is -2.37. The number of nitrogens with zero attached hydrogens (tertiary/aromatic N) is 3. The summed E-state index contributed by atoms with van der Waals surface area (Å²) in [6, 6.07) is 4.98. The molecule has 0 saturated carbocycles. The summed E-state index contributed by atoms with van der Waals surface area (Å²) in [5.41, 5.74) is 2.66. The highest BCUT2D eigenvalue weighted by Gasteiger charge is 2.42. The first-order chi connectivity index (χ1) is 16.5. The lowest BCUT2D eigenvalue weighted by atomic mass is 9.92. The van der Waals surface area contributed by atoms with E-state index in [-0.39, 0.29) is 12.3 Å². The number of allylic oxidation sites excluding steroid dienone is 1. The topological polar surface area (TPSA) is 89.9 Å². The van der Waals surface area contributed by atoms with Crippen molar-refractivity contribution < 1.29 is 28.5 Å². The van der Waals surface area contributed by atoms with Crippen molar-refractivity contribution in [1.29, 1.82) is 0 Å². The molecule has 1 saturated heterocycles. The van der Waals surface area contributed by atoms with Gasteiger partial charge in [0.2, 0.25) is 5.91 Å². The number of benzene rings is 1. The maximum atomic E-state index is 13.1. The number of methoxy groups -OCH3 is 3. The molecular weight excluding hydrogens is 458 g/mol. The molecule has 10 heteroatoms. The smallest absolute Gasteiger partial charge is 0.338 e. The first kappa shape index (κ1) is 24.2. The minimum atomic E-state index is -0.544. The van der Waals surface area contributed by atoms with E-state index >= 15 is 0 Å². The molecule has 3 aliphatic heterocycles. The molecule has 1 unspecified atom stereocenters. The van der Waals surface area contributed by atoms with Crippen LogP contribution in [0.3, 0.4) is 0 Å². The van der Waals surface area contributed by atoms with Gasteiger partial charge in [-0.1, -0.05) is 18.7 Å². The Kier molecular flexibility index (Phi) is 7.47. The van der Waals surface area contributed by atoms with Crippen molar-refractivity contribution in [2.45, 2.75) is 25.8 Å². The quantitative estimate of drug-likeness (QED) is 0.542. The summed E-state index contributed by atoms with van der Waals surface area (Å²) < 4.78 is 21.5. The third kappa shape index (κ3) is 4.65. The van der Waals surface area contributed by atoms with Crippen LogP contribution in [0.2, 0.25) is 0 Å². The normalized spacial score (nSPS) is 19.9. The van der Waals surface area contributed by atoms with Gasteiger partial charge in [-0.05, 0) is 29.5 Å². The van der Waals surface area contributed by atoms with E-state index in [1.807, 2.05) is 34.3 Å². The van der Waals surface area contributed by atoms with Crippen LogP contribution in [0.4, 0.5) is 0 Å². The molecule has 34 heavy (non-hydrogen) atoms. The van der Waals surface area contributed by atoms with Gasteiger partial charge in [0, 0.05) is 24.9 Å². The first-order valence-corrected chi connectivity index (χ1v) is 12.0. The highest BCUT2D eigenvalue weighted by Crippen LogP contribution is 2.46. The summed E-state index contributed by atoms with van der Waals surface area (Å²) in [5.74, 6) is 0.760. The molecule has 0 radical (unpaired) electrons. The Hall–Kier alpha value is -2.98. The number of hydrogen-bond donors (Lipinski definition) is 0. The summed E-state index contributed by atoms with van der Waals surface area (Å²) >= 11 is 1.45. The predicted octanol–water partition coefficient (Wildman–Crippen LogP) is 3.09. The average Bonchev–Trinajstić information content (AvgIpc) is 3.29.